The van der Waals surface area contributed by atoms with Crippen molar-refractivity contribution in [2.24, 2.45) is 0 Å². The molecule has 0 aliphatic carbocycles. The summed E-state index contributed by atoms with van der Waals surface area (Å²) >= 11 is 0.868. The van der Waals surface area contributed by atoms with Crippen molar-refractivity contribution in [1.82, 2.24) is 9.55 Å². The highest BCUT2D eigenvalue weighted by Gasteiger charge is 2.34. The molecule has 9 heteroatoms. The maximum Gasteiger partial charge on any atom is 0.434 e. The number of nitrogens with zero attached hydrogens (tertiary/aromatic N) is 2. The molecule has 23 heavy (non-hydrogen) atoms. The van der Waals surface area contributed by atoms with Gasteiger partial charge in [-0.05, 0) is 13.0 Å². The highest BCUT2D eigenvalue weighted by atomic mass is 32.1. The molecular formula is C14H13F3N2O3S. The Labute approximate surface area is 133 Å². The zero-order valence-corrected chi connectivity index (χ0v) is 12.9. The number of alkyl halides is 3. The van der Waals surface area contributed by atoms with Gasteiger partial charge in [0.15, 0.2) is 11.5 Å². The van der Waals surface area contributed by atoms with Crippen molar-refractivity contribution in [1.29, 1.82) is 0 Å². The number of hydrogen-bond acceptors (Lipinski definition) is 5. The van der Waals surface area contributed by atoms with Crippen LogP contribution < -0.4 is 5.56 Å². The van der Waals surface area contributed by atoms with Gasteiger partial charge >= 0.3 is 6.18 Å². The van der Waals surface area contributed by atoms with Crippen LogP contribution in [0.15, 0.2) is 28.5 Å². The third-order valence-electron chi connectivity index (χ3n) is 3.51. The van der Waals surface area contributed by atoms with Gasteiger partial charge in [0.25, 0.3) is 5.56 Å². The van der Waals surface area contributed by atoms with Crippen LogP contribution in [-0.4, -0.2) is 22.8 Å². The molecule has 1 aliphatic rings. The zero-order chi connectivity index (χ0) is 16.7. The molecular weight excluding hydrogens is 333 g/mol. The minimum atomic E-state index is -4.48. The molecule has 0 bridgehead atoms. The minimum Gasteiger partial charge on any atom is -0.344 e. The number of rotatable bonds is 3. The Morgan fingerprint density at radius 2 is 2.09 bits per heavy atom. The Morgan fingerprint density at radius 3 is 2.65 bits per heavy atom. The van der Waals surface area contributed by atoms with Gasteiger partial charge in [-0.1, -0.05) is 0 Å². The number of thiazole rings is 1. The molecule has 0 unspecified atom stereocenters. The highest BCUT2D eigenvalue weighted by Crippen LogP contribution is 2.31. The van der Waals surface area contributed by atoms with Crippen LogP contribution in [0.25, 0.3) is 0 Å². The molecule has 2 aromatic rings. The van der Waals surface area contributed by atoms with Crippen LogP contribution in [0.1, 0.15) is 23.2 Å². The first kappa shape index (κ1) is 16.2. The molecule has 5 nitrogen and oxygen atoms in total. The van der Waals surface area contributed by atoms with E-state index in [1.54, 1.807) is 13.0 Å². The first-order chi connectivity index (χ1) is 10.8. The van der Waals surface area contributed by atoms with E-state index in [0.717, 1.165) is 16.7 Å². The van der Waals surface area contributed by atoms with E-state index in [4.69, 9.17) is 9.47 Å². The summed E-state index contributed by atoms with van der Waals surface area (Å²) in [5.41, 5.74) is -0.722. The van der Waals surface area contributed by atoms with Crippen LogP contribution in [0.4, 0.5) is 13.2 Å². The van der Waals surface area contributed by atoms with E-state index < -0.39 is 17.7 Å². The molecule has 3 rings (SSSR count). The van der Waals surface area contributed by atoms with Gasteiger partial charge < -0.3 is 14.0 Å². The number of hydrogen-bond donors (Lipinski definition) is 0. The van der Waals surface area contributed by atoms with Gasteiger partial charge in [0.1, 0.15) is 5.01 Å². The van der Waals surface area contributed by atoms with Crippen molar-refractivity contribution in [2.45, 2.75) is 25.4 Å². The van der Waals surface area contributed by atoms with E-state index in [-0.39, 0.29) is 17.1 Å². The van der Waals surface area contributed by atoms with E-state index in [1.807, 2.05) is 0 Å². The Kier molecular flexibility index (Phi) is 4.03. The maximum atomic E-state index is 12.5. The lowest BCUT2D eigenvalue weighted by atomic mass is 10.1. The summed E-state index contributed by atoms with van der Waals surface area (Å²) in [6.07, 6.45) is -2.97. The van der Waals surface area contributed by atoms with Crippen molar-refractivity contribution < 1.29 is 22.6 Å². The lowest BCUT2D eigenvalue weighted by Crippen LogP contribution is -2.27. The SMILES string of the molecule is CC1(c2ccn(Cc3nc(C(F)(F)F)cs3)c(=O)c2)OCCO1. The van der Waals surface area contributed by atoms with Crippen LogP contribution in [0.2, 0.25) is 0 Å². The molecule has 1 fully saturated rings. The topological polar surface area (TPSA) is 53.4 Å². The number of halogens is 3. The van der Waals surface area contributed by atoms with Crippen molar-refractivity contribution >= 4 is 11.3 Å². The smallest absolute Gasteiger partial charge is 0.344 e. The van der Waals surface area contributed by atoms with Crippen molar-refractivity contribution in [3.8, 4) is 0 Å². The van der Waals surface area contributed by atoms with Crippen LogP contribution in [0, 0.1) is 0 Å². The average Bonchev–Trinajstić information content (AvgIpc) is 3.10. The molecule has 0 aromatic carbocycles. The fourth-order valence-corrected chi connectivity index (χ4v) is 3.06. The largest absolute Gasteiger partial charge is 0.434 e. The molecule has 0 atom stereocenters. The van der Waals surface area contributed by atoms with Gasteiger partial charge in [-0.2, -0.15) is 13.2 Å². The van der Waals surface area contributed by atoms with E-state index in [1.165, 1.54) is 16.8 Å². The Bertz CT molecular complexity index is 763. The number of pyridine rings is 1. The first-order valence-electron chi connectivity index (χ1n) is 6.78. The van der Waals surface area contributed by atoms with Gasteiger partial charge in [0.05, 0.1) is 19.8 Å². The van der Waals surface area contributed by atoms with Gasteiger partial charge in [-0.15, -0.1) is 11.3 Å². The second-order valence-corrected chi connectivity index (χ2v) is 6.09. The minimum absolute atomic E-state index is 0.0156. The fourth-order valence-electron chi connectivity index (χ4n) is 2.26. The van der Waals surface area contributed by atoms with Gasteiger partial charge in [-0.25, -0.2) is 4.98 Å². The molecule has 0 amide bonds. The number of aromatic nitrogens is 2. The van der Waals surface area contributed by atoms with Crippen molar-refractivity contribution in [3.63, 3.8) is 0 Å². The van der Waals surface area contributed by atoms with Crippen molar-refractivity contribution in [3.05, 3.63) is 50.3 Å². The maximum absolute atomic E-state index is 12.5. The van der Waals surface area contributed by atoms with Gasteiger partial charge in [0.2, 0.25) is 0 Å². The predicted octanol–water partition coefficient (Wildman–Crippen LogP) is 2.59. The first-order valence-corrected chi connectivity index (χ1v) is 7.66. The predicted molar refractivity (Wildman–Crippen MR) is 76.2 cm³/mol. The average molecular weight is 346 g/mol. The standard InChI is InChI=1S/C14H13F3N2O3S/c1-13(21-4-5-22-13)9-2-3-19(12(20)6-9)7-11-18-10(8-23-11)14(15,16)17/h2-3,6,8H,4-5,7H2,1H3. The molecule has 1 aliphatic heterocycles. The summed E-state index contributed by atoms with van der Waals surface area (Å²) in [6.45, 7) is 2.59. The fraction of sp³-hybridized carbons (Fsp3) is 0.429. The molecule has 1 saturated heterocycles. The quantitative estimate of drug-likeness (QED) is 0.857. The summed E-state index contributed by atoms with van der Waals surface area (Å²) in [5, 5.41) is 1.16. The molecule has 0 saturated carbocycles. The highest BCUT2D eigenvalue weighted by molar-refractivity contribution is 7.09. The van der Waals surface area contributed by atoms with Crippen LogP contribution in [0.5, 0.6) is 0 Å². The number of ether oxygens (including phenoxy) is 2. The molecule has 0 N–H and O–H groups in total. The summed E-state index contributed by atoms with van der Waals surface area (Å²) in [4.78, 5) is 15.7. The lowest BCUT2D eigenvalue weighted by Gasteiger charge is -2.22. The van der Waals surface area contributed by atoms with E-state index in [9.17, 15) is 18.0 Å². The normalized spacial score (nSPS) is 17.6. The molecule has 2 aromatic heterocycles. The van der Waals surface area contributed by atoms with Crippen LogP contribution in [-0.2, 0) is 28.0 Å². The summed E-state index contributed by atoms with van der Waals surface area (Å²) < 4.78 is 49.8. The second kappa shape index (κ2) is 5.73. The van der Waals surface area contributed by atoms with Crippen molar-refractivity contribution in [2.75, 3.05) is 13.2 Å². The Morgan fingerprint density at radius 1 is 1.39 bits per heavy atom. The molecule has 124 valence electrons. The monoisotopic (exact) mass is 346 g/mol. The van der Waals surface area contributed by atoms with Crippen LogP contribution in [0.3, 0.4) is 0 Å². The van der Waals surface area contributed by atoms with Gasteiger partial charge in [-0.3, -0.25) is 4.79 Å². The molecule has 0 spiro atoms. The van der Waals surface area contributed by atoms with E-state index in [2.05, 4.69) is 4.98 Å². The Balaban J connectivity index is 1.82. The Hall–Kier alpha value is -1.71. The molecule has 0 radical (unpaired) electrons. The van der Waals surface area contributed by atoms with E-state index >= 15 is 0 Å². The zero-order valence-electron chi connectivity index (χ0n) is 12.1. The van der Waals surface area contributed by atoms with Crippen LogP contribution >= 0.6 is 11.3 Å². The summed E-state index contributed by atoms with van der Waals surface area (Å²) in [7, 11) is 0. The van der Waals surface area contributed by atoms with Gasteiger partial charge in [0, 0.05) is 23.2 Å². The molecule has 3 heterocycles. The summed E-state index contributed by atoms with van der Waals surface area (Å²) in [5.74, 6) is -0.955. The second-order valence-electron chi connectivity index (χ2n) is 5.15. The third kappa shape index (κ3) is 3.31. The summed E-state index contributed by atoms with van der Waals surface area (Å²) in [6, 6.07) is 3.02. The third-order valence-corrected chi connectivity index (χ3v) is 4.34. The lowest BCUT2D eigenvalue weighted by molar-refractivity contribution is -0.149. The van der Waals surface area contributed by atoms with E-state index in [0.29, 0.717) is 18.8 Å².